The molecule has 0 aromatic rings. The van der Waals surface area contributed by atoms with Crippen molar-refractivity contribution in [3.8, 4) is 0 Å². The normalized spacial score (nSPS) is 45.4. The highest BCUT2D eigenvalue weighted by Crippen LogP contribution is 2.66. The zero-order valence-electron chi connectivity index (χ0n) is 17.1. The van der Waals surface area contributed by atoms with Gasteiger partial charge in [-0.3, -0.25) is 4.79 Å². The Kier molecular flexibility index (Phi) is 4.99. The summed E-state index contributed by atoms with van der Waals surface area (Å²) in [4.78, 5) is 18.1. The number of oxime groups is 1. The fourth-order valence-corrected chi connectivity index (χ4v) is 7.19. The summed E-state index contributed by atoms with van der Waals surface area (Å²) in [6.45, 7) is 10.6. The lowest BCUT2D eigenvalue weighted by Gasteiger charge is -2.60. The number of fused-ring (bicyclic) bond motifs is 5. The molecule has 0 bridgehead atoms. The monoisotopic (exact) mass is 372 g/mol. The number of Topliss-reactive ketones (excluding diaryl/α,β-unsaturated/α-hetero) is 1. The van der Waals surface area contributed by atoms with Crippen LogP contribution in [0.3, 0.4) is 0 Å². The Labute approximate surface area is 164 Å². The summed E-state index contributed by atoms with van der Waals surface area (Å²) >= 11 is 0. The second-order valence-corrected chi connectivity index (χ2v) is 10.1. The van der Waals surface area contributed by atoms with E-state index in [9.17, 15) is 4.79 Å². The van der Waals surface area contributed by atoms with E-state index in [1.54, 1.807) is 0 Å². The summed E-state index contributed by atoms with van der Waals surface area (Å²) in [6.07, 6.45) is 9.38. The van der Waals surface area contributed by atoms with Crippen molar-refractivity contribution in [1.29, 1.82) is 0 Å². The van der Waals surface area contributed by atoms with Gasteiger partial charge in [0.2, 0.25) is 0 Å². The van der Waals surface area contributed by atoms with Crippen molar-refractivity contribution in [3.05, 3.63) is 12.2 Å². The van der Waals surface area contributed by atoms with Crippen LogP contribution < -0.4 is 5.73 Å². The van der Waals surface area contributed by atoms with Crippen molar-refractivity contribution in [1.82, 2.24) is 0 Å². The molecule has 0 saturated heterocycles. The molecule has 0 amide bonds. The maximum Gasteiger partial charge on any atom is 0.139 e. The molecule has 4 rings (SSSR count). The molecule has 0 aromatic carbocycles. The third-order valence-electron chi connectivity index (χ3n) is 8.81. The number of carbonyl (C=O) groups is 1. The molecule has 4 fully saturated rings. The second kappa shape index (κ2) is 7.02. The molecule has 0 heterocycles. The fraction of sp³-hybridized carbons (Fsp3) is 0.826. The van der Waals surface area contributed by atoms with Crippen LogP contribution in [0.5, 0.6) is 0 Å². The zero-order valence-corrected chi connectivity index (χ0v) is 17.1. The molecule has 150 valence electrons. The summed E-state index contributed by atoms with van der Waals surface area (Å²) in [7, 11) is 0. The number of rotatable bonds is 4. The fourth-order valence-electron chi connectivity index (χ4n) is 7.19. The van der Waals surface area contributed by atoms with Crippen LogP contribution in [-0.2, 0) is 9.63 Å². The first kappa shape index (κ1) is 19.2. The van der Waals surface area contributed by atoms with Gasteiger partial charge in [0.1, 0.15) is 12.4 Å². The van der Waals surface area contributed by atoms with Gasteiger partial charge in [-0.1, -0.05) is 31.2 Å². The van der Waals surface area contributed by atoms with Gasteiger partial charge in [0.05, 0.1) is 5.71 Å². The van der Waals surface area contributed by atoms with E-state index >= 15 is 0 Å². The van der Waals surface area contributed by atoms with Gasteiger partial charge in [0, 0.05) is 11.8 Å². The van der Waals surface area contributed by atoms with E-state index in [4.69, 9.17) is 10.6 Å². The lowest BCUT2D eigenvalue weighted by atomic mass is 9.44. The molecule has 0 radical (unpaired) electrons. The number of carbonyl (C=O) groups excluding carboxylic acids is 1. The molecule has 1 unspecified atom stereocenters. The molecule has 0 aliphatic heterocycles. The van der Waals surface area contributed by atoms with Crippen molar-refractivity contribution in [2.45, 2.75) is 71.6 Å². The summed E-state index contributed by atoms with van der Waals surface area (Å²) in [5.41, 5.74) is 8.38. The van der Waals surface area contributed by atoms with Crippen LogP contribution in [0.25, 0.3) is 0 Å². The van der Waals surface area contributed by atoms with Crippen LogP contribution in [0.2, 0.25) is 0 Å². The lowest BCUT2D eigenvalue weighted by Crippen LogP contribution is -2.54. The highest BCUT2D eigenvalue weighted by atomic mass is 16.6. The van der Waals surface area contributed by atoms with Gasteiger partial charge in [0.25, 0.3) is 0 Å². The molecule has 4 aliphatic carbocycles. The first-order valence-electron chi connectivity index (χ1n) is 11.0. The second-order valence-electron chi connectivity index (χ2n) is 10.1. The Morgan fingerprint density at radius 3 is 2.78 bits per heavy atom. The summed E-state index contributed by atoms with van der Waals surface area (Å²) in [5, 5.41) is 4.43. The van der Waals surface area contributed by atoms with E-state index in [2.05, 4.69) is 25.6 Å². The Morgan fingerprint density at radius 2 is 2.00 bits per heavy atom. The molecular weight excluding hydrogens is 336 g/mol. The van der Waals surface area contributed by atoms with Crippen molar-refractivity contribution < 1.29 is 9.63 Å². The highest BCUT2D eigenvalue weighted by molar-refractivity contribution is 5.87. The van der Waals surface area contributed by atoms with Crippen LogP contribution in [-0.4, -0.2) is 24.6 Å². The smallest absolute Gasteiger partial charge is 0.139 e. The Balaban J connectivity index is 1.52. The molecule has 0 spiro atoms. The minimum Gasteiger partial charge on any atom is -0.396 e. The average Bonchev–Trinajstić information content (AvgIpc) is 2.95. The van der Waals surface area contributed by atoms with Gasteiger partial charge in [0.15, 0.2) is 0 Å². The number of hydrogen-bond acceptors (Lipinski definition) is 4. The van der Waals surface area contributed by atoms with E-state index in [1.807, 2.05) is 0 Å². The third kappa shape index (κ3) is 2.99. The number of nitrogens with zero attached hydrogens (tertiary/aromatic N) is 1. The Morgan fingerprint density at radius 1 is 1.19 bits per heavy atom. The molecule has 6 atom stereocenters. The van der Waals surface area contributed by atoms with Gasteiger partial charge in [-0.2, -0.15) is 0 Å². The van der Waals surface area contributed by atoms with E-state index in [0.717, 1.165) is 50.9 Å². The molecule has 4 saturated carbocycles. The molecule has 2 N–H and O–H groups in total. The van der Waals surface area contributed by atoms with E-state index in [1.165, 1.54) is 24.1 Å². The summed E-state index contributed by atoms with van der Waals surface area (Å²) in [5.74, 6) is 3.01. The maximum absolute atomic E-state index is 12.6. The predicted octanol–water partition coefficient (Wildman–Crippen LogP) is 4.49. The number of nitrogens with two attached hydrogens (primary N) is 1. The predicted molar refractivity (Wildman–Crippen MR) is 108 cm³/mol. The maximum atomic E-state index is 12.6. The van der Waals surface area contributed by atoms with E-state index < -0.39 is 0 Å². The van der Waals surface area contributed by atoms with Crippen LogP contribution in [0, 0.1) is 34.5 Å². The quantitative estimate of drug-likeness (QED) is 0.449. The number of ketones is 1. The first-order valence-corrected chi connectivity index (χ1v) is 11.0. The van der Waals surface area contributed by atoms with Crippen LogP contribution in [0.4, 0.5) is 0 Å². The number of allylic oxidation sites excluding steroid dienone is 1. The lowest BCUT2D eigenvalue weighted by molar-refractivity contribution is -0.134. The third-order valence-corrected chi connectivity index (χ3v) is 8.81. The molecule has 4 aliphatic rings. The molecule has 4 nitrogen and oxygen atoms in total. The van der Waals surface area contributed by atoms with Crippen LogP contribution >= 0.6 is 0 Å². The van der Waals surface area contributed by atoms with Crippen molar-refractivity contribution in [2.24, 2.45) is 45.4 Å². The average molecular weight is 373 g/mol. The number of hydrogen-bond donors (Lipinski definition) is 1. The van der Waals surface area contributed by atoms with E-state index in [-0.39, 0.29) is 5.41 Å². The van der Waals surface area contributed by atoms with Crippen molar-refractivity contribution in [3.63, 3.8) is 0 Å². The van der Waals surface area contributed by atoms with Gasteiger partial charge in [-0.25, -0.2) is 0 Å². The van der Waals surface area contributed by atoms with Crippen molar-refractivity contribution >= 4 is 11.5 Å². The molecule has 4 heteroatoms. The largest absolute Gasteiger partial charge is 0.396 e. The zero-order chi connectivity index (χ0) is 19.2. The van der Waals surface area contributed by atoms with Crippen LogP contribution in [0.1, 0.15) is 71.6 Å². The minimum absolute atomic E-state index is 0.0528. The summed E-state index contributed by atoms with van der Waals surface area (Å²) in [6, 6.07) is 0. The highest BCUT2D eigenvalue weighted by Gasteiger charge is 2.60. The van der Waals surface area contributed by atoms with Gasteiger partial charge in [-0.15, -0.1) is 0 Å². The summed E-state index contributed by atoms with van der Waals surface area (Å²) < 4.78 is 0. The van der Waals surface area contributed by atoms with Crippen LogP contribution in [0.15, 0.2) is 17.3 Å². The standard InChI is InChI=1S/C23H36N2O2/c1-15-13-17-18-5-6-21(26)23(18,3)10-8-19(17)22(2)9-7-16(14-20(15)22)25-27-12-4-11-24/h17-20H,1,4-14,24H2,2-3H3/b25-16-/t17-,18-,19-,20?,22+,23-/m0/s1. The Hall–Kier alpha value is -1.16. The topological polar surface area (TPSA) is 64.7 Å². The molecule has 0 aromatic heterocycles. The van der Waals surface area contributed by atoms with E-state index in [0.29, 0.717) is 42.1 Å². The van der Waals surface area contributed by atoms with Crippen molar-refractivity contribution in [2.75, 3.05) is 13.2 Å². The molecular formula is C23H36N2O2. The first-order chi connectivity index (χ1) is 12.9. The van der Waals surface area contributed by atoms with Gasteiger partial charge >= 0.3 is 0 Å². The minimum atomic E-state index is -0.0528. The van der Waals surface area contributed by atoms with Gasteiger partial charge < -0.3 is 10.6 Å². The Bertz CT molecular complexity index is 657. The molecule has 27 heavy (non-hydrogen) atoms. The SMILES string of the molecule is C=C1C[C@@H]2[C@H](CC[C@]3(C)C(=O)CC[C@@H]23)[C@@]2(C)CC/C(=N/OCCCN)CC12. The van der Waals surface area contributed by atoms with Gasteiger partial charge in [-0.05, 0) is 87.0 Å².